The molecule has 0 spiro atoms. The van der Waals surface area contributed by atoms with Gasteiger partial charge in [-0.2, -0.15) is 11.8 Å². The summed E-state index contributed by atoms with van der Waals surface area (Å²) >= 11 is 1.75. The van der Waals surface area contributed by atoms with E-state index in [9.17, 15) is 4.39 Å². The molecule has 0 unspecified atom stereocenters. The highest BCUT2D eigenvalue weighted by Crippen LogP contribution is 2.19. The predicted molar refractivity (Wildman–Crippen MR) is 65.9 cm³/mol. The van der Waals surface area contributed by atoms with Crippen LogP contribution in [-0.4, -0.2) is 25.6 Å². The SMILES string of the molecule is CSCCN(C)c1ccc(CN)cc1F. The van der Waals surface area contributed by atoms with Gasteiger partial charge >= 0.3 is 0 Å². The summed E-state index contributed by atoms with van der Waals surface area (Å²) in [6.07, 6.45) is 2.04. The van der Waals surface area contributed by atoms with E-state index in [2.05, 4.69) is 0 Å². The first-order valence-electron chi connectivity index (χ1n) is 4.87. The quantitative estimate of drug-likeness (QED) is 0.836. The van der Waals surface area contributed by atoms with Gasteiger partial charge in [0.05, 0.1) is 5.69 Å². The lowest BCUT2D eigenvalue weighted by Gasteiger charge is -2.19. The van der Waals surface area contributed by atoms with Gasteiger partial charge in [-0.05, 0) is 24.0 Å². The number of benzene rings is 1. The minimum Gasteiger partial charge on any atom is -0.371 e. The number of anilines is 1. The minimum absolute atomic E-state index is 0.193. The molecule has 0 fully saturated rings. The molecule has 0 aliphatic carbocycles. The third-order valence-electron chi connectivity index (χ3n) is 2.29. The molecule has 0 saturated carbocycles. The molecule has 84 valence electrons. The van der Waals surface area contributed by atoms with Crippen LogP contribution in [0.15, 0.2) is 18.2 Å². The molecule has 1 aromatic carbocycles. The number of nitrogens with zero attached hydrogens (tertiary/aromatic N) is 1. The number of halogens is 1. The van der Waals surface area contributed by atoms with E-state index in [0.29, 0.717) is 12.2 Å². The van der Waals surface area contributed by atoms with Crippen LogP contribution in [0.2, 0.25) is 0 Å². The molecule has 1 aromatic rings. The lowest BCUT2D eigenvalue weighted by molar-refractivity contribution is 0.621. The maximum atomic E-state index is 13.6. The summed E-state index contributed by atoms with van der Waals surface area (Å²) in [5.41, 5.74) is 6.91. The Balaban J connectivity index is 2.76. The predicted octanol–water partition coefficient (Wildman–Crippen LogP) is 2.08. The monoisotopic (exact) mass is 228 g/mol. The molecule has 1 rings (SSSR count). The van der Waals surface area contributed by atoms with E-state index < -0.39 is 0 Å². The van der Waals surface area contributed by atoms with Gasteiger partial charge in [0.1, 0.15) is 5.82 Å². The van der Waals surface area contributed by atoms with Crippen molar-refractivity contribution in [2.24, 2.45) is 5.73 Å². The Morgan fingerprint density at radius 1 is 1.47 bits per heavy atom. The van der Waals surface area contributed by atoms with Gasteiger partial charge in [-0.15, -0.1) is 0 Å². The molecule has 0 aliphatic rings. The molecule has 0 atom stereocenters. The highest BCUT2D eigenvalue weighted by molar-refractivity contribution is 7.98. The summed E-state index contributed by atoms with van der Waals surface area (Å²) < 4.78 is 13.6. The molecular formula is C11H17FN2S. The topological polar surface area (TPSA) is 29.3 Å². The molecule has 0 aliphatic heterocycles. The van der Waals surface area contributed by atoms with E-state index in [4.69, 9.17) is 5.73 Å². The van der Waals surface area contributed by atoms with Gasteiger partial charge in [-0.25, -0.2) is 4.39 Å². The highest BCUT2D eigenvalue weighted by Gasteiger charge is 2.07. The lowest BCUT2D eigenvalue weighted by Crippen LogP contribution is -2.21. The molecule has 15 heavy (non-hydrogen) atoms. The molecule has 2 nitrogen and oxygen atoms in total. The van der Waals surface area contributed by atoms with Gasteiger partial charge in [0.2, 0.25) is 0 Å². The van der Waals surface area contributed by atoms with Crippen LogP contribution in [0.3, 0.4) is 0 Å². The first-order chi connectivity index (χ1) is 7.19. The first-order valence-corrected chi connectivity index (χ1v) is 6.27. The van der Waals surface area contributed by atoms with Crippen LogP contribution in [0.5, 0.6) is 0 Å². The van der Waals surface area contributed by atoms with Crippen molar-refractivity contribution in [3.63, 3.8) is 0 Å². The van der Waals surface area contributed by atoms with E-state index in [1.807, 2.05) is 24.3 Å². The minimum atomic E-state index is -0.193. The molecule has 4 heteroatoms. The van der Waals surface area contributed by atoms with E-state index in [-0.39, 0.29) is 5.82 Å². The summed E-state index contributed by atoms with van der Waals surface area (Å²) in [5, 5.41) is 0. The van der Waals surface area contributed by atoms with E-state index in [1.165, 1.54) is 6.07 Å². The van der Waals surface area contributed by atoms with Crippen molar-refractivity contribution in [2.45, 2.75) is 6.54 Å². The number of rotatable bonds is 5. The van der Waals surface area contributed by atoms with Crippen LogP contribution in [0.4, 0.5) is 10.1 Å². The fourth-order valence-electron chi connectivity index (χ4n) is 1.34. The Bertz CT molecular complexity index is 317. The maximum Gasteiger partial charge on any atom is 0.146 e. The van der Waals surface area contributed by atoms with Gasteiger partial charge in [-0.3, -0.25) is 0 Å². The summed E-state index contributed by atoms with van der Waals surface area (Å²) in [6.45, 7) is 1.23. The Labute approximate surface area is 94.6 Å². The number of hydrogen-bond donors (Lipinski definition) is 1. The second-order valence-electron chi connectivity index (χ2n) is 3.40. The smallest absolute Gasteiger partial charge is 0.146 e. The largest absolute Gasteiger partial charge is 0.371 e. The second kappa shape index (κ2) is 5.98. The summed E-state index contributed by atoms with van der Waals surface area (Å²) in [5.74, 6) is 0.802. The number of thioether (sulfide) groups is 1. The Kier molecular flexibility index (Phi) is 4.91. The molecule has 2 N–H and O–H groups in total. The lowest BCUT2D eigenvalue weighted by atomic mass is 10.2. The van der Waals surface area contributed by atoms with Crippen LogP contribution in [-0.2, 0) is 6.54 Å². The van der Waals surface area contributed by atoms with Crippen molar-refractivity contribution < 1.29 is 4.39 Å². The van der Waals surface area contributed by atoms with Crippen molar-refractivity contribution in [3.8, 4) is 0 Å². The van der Waals surface area contributed by atoms with Gasteiger partial charge in [0, 0.05) is 25.9 Å². The van der Waals surface area contributed by atoms with Crippen LogP contribution in [0, 0.1) is 5.82 Å². The average molecular weight is 228 g/mol. The number of nitrogens with two attached hydrogens (primary N) is 1. The van der Waals surface area contributed by atoms with Crippen LogP contribution < -0.4 is 10.6 Å². The average Bonchev–Trinajstić information content (AvgIpc) is 2.25. The first kappa shape index (κ1) is 12.3. The maximum absolute atomic E-state index is 13.6. The van der Waals surface area contributed by atoms with E-state index >= 15 is 0 Å². The fraction of sp³-hybridized carbons (Fsp3) is 0.455. The third kappa shape index (κ3) is 3.39. The summed E-state index contributed by atoms with van der Waals surface area (Å²) in [4.78, 5) is 1.92. The molecule has 0 saturated heterocycles. The van der Waals surface area contributed by atoms with Gasteiger partial charge < -0.3 is 10.6 Å². The molecule has 0 bridgehead atoms. The van der Waals surface area contributed by atoms with Crippen molar-refractivity contribution in [3.05, 3.63) is 29.6 Å². The second-order valence-corrected chi connectivity index (χ2v) is 4.39. The number of hydrogen-bond acceptors (Lipinski definition) is 3. The molecular weight excluding hydrogens is 211 g/mol. The summed E-state index contributed by atoms with van der Waals surface area (Å²) in [6, 6.07) is 5.16. The highest BCUT2D eigenvalue weighted by atomic mass is 32.2. The molecule has 0 radical (unpaired) electrons. The van der Waals surface area contributed by atoms with Crippen molar-refractivity contribution >= 4 is 17.4 Å². The zero-order chi connectivity index (χ0) is 11.3. The van der Waals surface area contributed by atoms with E-state index in [0.717, 1.165) is 17.9 Å². The van der Waals surface area contributed by atoms with Gasteiger partial charge in [-0.1, -0.05) is 6.07 Å². The Morgan fingerprint density at radius 2 is 2.20 bits per heavy atom. The van der Waals surface area contributed by atoms with Crippen molar-refractivity contribution in [1.29, 1.82) is 0 Å². The van der Waals surface area contributed by atoms with Crippen LogP contribution in [0.1, 0.15) is 5.56 Å². The van der Waals surface area contributed by atoms with Crippen molar-refractivity contribution in [1.82, 2.24) is 0 Å². The summed E-state index contributed by atoms with van der Waals surface area (Å²) in [7, 11) is 1.90. The van der Waals surface area contributed by atoms with Crippen LogP contribution in [0.25, 0.3) is 0 Å². The molecule has 0 amide bonds. The van der Waals surface area contributed by atoms with E-state index in [1.54, 1.807) is 17.8 Å². The molecule has 0 heterocycles. The fourth-order valence-corrected chi connectivity index (χ4v) is 1.79. The zero-order valence-electron chi connectivity index (χ0n) is 9.16. The van der Waals surface area contributed by atoms with Crippen LogP contribution >= 0.6 is 11.8 Å². The van der Waals surface area contributed by atoms with Gasteiger partial charge in [0.25, 0.3) is 0 Å². The zero-order valence-corrected chi connectivity index (χ0v) is 9.98. The normalized spacial score (nSPS) is 10.4. The Morgan fingerprint density at radius 3 is 2.73 bits per heavy atom. The molecule has 0 aromatic heterocycles. The van der Waals surface area contributed by atoms with Gasteiger partial charge in [0.15, 0.2) is 0 Å². The standard InChI is InChI=1S/C11H17FN2S/c1-14(5-6-15-2)11-4-3-9(8-13)7-10(11)12/h3-4,7H,5-6,8,13H2,1-2H3. The third-order valence-corrected chi connectivity index (χ3v) is 2.88. The van der Waals surface area contributed by atoms with Crippen molar-refractivity contribution in [2.75, 3.05) is 30.5 Å². The Hall–Kier alpha value is -0.740.